The van der Waals surface area contributed by atoms with E-state index in [1.807, 2.05) is 4.68 Å². The van der Waals surface area contributed by atoms with Crippen LogP contribution in [0.5, 0.6) is 0 Å². The molecular formula is C9H17N3. The summed E-state index contributed by atoms with van der Waals surface area (Å²) in [4.78, 5) is 4.26. The number of hydrogen-bond donors (Lipinski definition) is 0. The molecule has 1 heterocycles. The third kappa shape index (κ3) is 1.84. The van der Waals surface area contributed by atoms with Gasteiger partial charge in [0.25, 0.3) is 0 Å². The normalized spacial score (nSPS) is 12.5. The van der Waals surface area contributed by atoms with E-state index in [2.05, 4.69) is 44.7 Å². The number of nitrogens with zero attached hydrogens (tertiary/aromatic N) is 3. The first-order valence-electron chi connectivity index (χ1n) is 4.33. The minimum Gasteiger partial charge on any atom is -0.250 e. The fourth-order valence-corrected chi connectivity index (χ4v) is 0.867. The molecule has 0 saturated carbocycles. The fraction of sp³-hybridized carbons (Fsp3) is 0.778. The van der Waals surface area contributed by atoms with Gasteiger partial charge in [0.05, 0.1) is 0 Å². The third-order valence-corrected chi connectivity index (χ3v) is 1.71. The summed E-state index contributed by atoms with van der Waals surface area (Å²) >= 11 is 0. The maximum absolute atomic E-state index is 4.39. The summed E-state index contributed by atoms with van der Waals surface area (Å²) in [6.45, 7) is 10.6. The van der Waals surface area contributed by atoms with E-state index in [4.69, 9.17) is 0 Å². The molecule has 0 N–H and O–H groups in total. The summed E-state index contributed by atoms with van der Waals surface area (Å²) in [5, 5.41) is 4.39. The van der Waals surface area contributed by atoms with Crippen molar-refractivity contribution in [2.75, 3.05) is 0 Å². The summed E-state index contributed by atoms with van der Waals surface area (Å²) in [7, 11) is 0. The largest absolute Gasteiger partial charge is 0.250 e. The molecule has 0 amide bonds. The molecule has 0 atom stereocenters. The molecule has 0 unspecified atom stereocenters. The van der Waals surface area contributed by atoms with Crippen LogP contribution >= 0.6 is 0 Å². The van der Waals surface area contributed by atoms with Gasteiger partial charge in [0.15, 0.2) is 5.82 Å². The molecule has 1 aromatic rings. The standard InChI is InChI=1S/C9H17N3/c1-7(2)12-6-10-8(11-12)9(3,4)5/h6-7H,1-5H3. The zero-order chi connectivity index (χ0) is 9.35. The van der Waals surface area contributed by atoms with Gasteiger partial charge in [0.1, 0.15) is 6.33 Å². The Morgan fingerprint density at radius 3 is 2.17 bits per heavy atom. The molecule has 1 aromatic heterocycles. The van der Waals surface area contributed by atoms with Crippen molar-refractivity contribution in [3.8, 4) is 0 Å². The third-order valence-electron chi connectivity index (χ3n) is 1.71. The highest BCUT2D eigenvalue weighted by Crippen LogP contribution is 2.17. The highest BCUT2D eigenvalue weighted by molar-refractivity contribution is 4.98. The number of hydrogen-bond acceptors (Lipinski definition) is 2. The van der Waals surface area contributed by atoms with E-state index in [-0.39, 0.29) is 5.41 Å². The summed E-state index contributed by atoms with van der Waals surface area (Å²) in [5.41, 5.74) is 0.0557. The highest BCUT2D eigenvalue weighted by atomic mass is 15.3. The van der Waals surface area contributed by atoms with Crippen molar-refractivity contribution in [2.24, 2.45) is 0 Å². The second-order valence-electron chi connectivity index (χ2n) is 4.39. The SMILES string of the molecule is CC(C)n1cnc(C(C)(C)C)n1. The van der Waals surface area contributed by atoms with Crippen LogP contribution in [0.4, 0.5) is 0 Å². The van der Waals surface area contributed by atoms with Crippen molar-refractivity contribution in [1.29, 1.82) is 0 Å². The van der Waals surface area contributed by atoms with E-state index in [9.17, 15) is 0 Å². The van der Waals surface area contributed by atoms with Gasteiger partial charge >= 0.3 is 0 Å². The predicted molar refractivity (Wildman–Crippen MR) is 49.1 cm³/mol. The van der Waals surface area contributed by atoms with Gasteiger partial charge in [-0.15, -0.1) is 0 Å². The molecule has 0 fully saturated rings. The Labute approximate surface area is 73.8 Å². The Hall–Kier alpha value is -0.860. The van der Waals surface area contributed by atoms with E-state index in [1.54, 1.807) is 6.33 Å². The van der Waals surface area contributed by atoms with Gasteiger partial charge in [-0.1, -0.05) is 20.8 Å². The van der Waals surface area contributed by atoms with Crippen molar-refractivity contribution in [3.05, 3.63) is 12.2 Å². The van der Waals surface area contributed by atoms with Crippen LogP contribution in [0.2, 0.25) is 0 Å². The van der Waals surface area contributed by atoms with Crippen LogP contribution in [0, 0.1) is 0 Å². The molecule has 0 bridgehead atoms. The number of rotatable bonds is 1. The van der Waals surface area contributed by atoms with Gasteiger partial charge in [-0.25, -0.2) is 4.98 Å². The smallest absolute Gasteiger partial charge is 0.155 e. The van der Waals surface area contributed by atoms with Crippen LogP contribution in [0.3, 0.4) is 0 Å². The molecule has 0 aliphatic carbocycles. The van der Waals surface area contributed by atoms with Crippen LogP contribution < -0.4 is 0 Å². The molecule has 1 rings (SSSR count). The fourth-order valence-electron chi connectivity index (χ4n) is 0.867. The van der Waals surface area contributed by atoms with E-state index in [1.165, 1.54) is 0 Å². The molecule has 12 heavy (non-hydrogen) atoms. The lowest BCUT2D eigenvalue weighted by molar-refractivity contribution is 0.493. The van der Waals surface area contributed by atoms with Crippen molar-refractivity contribution in [3.63, 3.8) is 0 Å². The lowest BCUT2D eigenvalue weighted by Gasteiger charge is -2.12. The van der Waals surface area contributed by atoms with Gasteiger partial charge < -0.3 is 0 Å². The maximum atomic E-state index is 4.39. The average molecular weight is 167 g/mol. The van der Waals surface area contributed by atoms with Crippen molar-refractivity contribution >= 4 is 0 Å². The molecule has 0 saturated heterocycles. The van der Waals surface area contributed by atoms with Crippen LogP contribution in [0.1, 0.15) is 46.5 Å². The van der Waals surface area contributed by atoms with E-state index in [0.717, 1.165) is 5.82 Å². The topological polar surface area (TPSA) is 30.7 Å². The average Bonchev–Trinajstić information content (AvgIpc) is 2.30. The first-order chi connectivity index (χ1) is 5.41. The Morgan fingerprint density at radius 2 is 1.92 bits per heavy atom. The number of aromatic nitrogens is 3. The van der Waals surface area contributed by atoms with E-state index >= 15 is 0 Å². The second kappa shape index (κ2) is 2.88. The van der Waals surface area contributed by atoms with Crippen LogP contribution in [-0.4, -0.2) is 14.8 Å². The Morgan fingerprint density at radius 1 is 1.33 bits per heavy atom. The quantitative estimate of drug-likeness (QED) is 0.641. The Bertz CT molecular complexity index is 255. The molecule has 3 nitrogen and oxygen atoms in total. The zero-order valence-electron chi connectivity index (χ0n) is 8.50. The van der Waals surface area contributed by atoms with E-state index < -0.39 is 0 Å². The maximum Gasteiger partial charge on any atom is 0.155 e. The molecule has 0 aliphatic rings. The molecule has 0 aromatic carbocycles. The minimum atomic E-state index is 0.0557. The first kappa shape index (κ1) is 9.23. The van der Waals surface area contributed by atoms with Crippen molar-refractivity contribution in [2.45, 2.75) is 46.1 Å². The van der Waals surface area contributed by atoms with Crippen molar-refractivity contribution < 1.29 is 0 Å². The van der Waals surface area contributed by atoms with Gasteiger partial charge in [-0.05, 0) is 13.8 Å². The van der Waals surface area contributed by atoms with Crippen molar-refractivity contribution in [1.82, 2.24) is 14.8 Å². The van der Waals surface area contributed by atoms with Gasteiger partial charge in [0, 0.05) is 11.5 Å². The van der Waals surface area contributed by atoms with Crippen LogP contribution in [-0.2, 0) is 5.41 Å². The molecule has 3 heteroatoms. The molecule has 0 spiro atoms. The molecule has 0 aliphatic heterocycles. The summed E-state index contributed by atoms with van der Waals surface area (Å²) in [6.07, 6.45) is 1.80. The van der Waals surface area contributed by atoms with Gasteiger partial charge in [0.2, 0.25) is 0 Å². The summed E-state index contributed by atoms with van der Waals surface area (Å²) in [5.74, 6) is 0.913. The molecule has 0 radical (unpaired) electrons. The lowest BCUT2D eigenvalue weighted by atomic mass is 9.96. The monoisotopic (exact) mass is 167 g/mol. The lowest BCUT2D eigenvalue weighted by Crippen LogP contribution is -2.14. The Kier molecular flexibility index (Phi) is 2.22. The predicted octanol–water partition coefficient (Wildman–Crippen LogP) is 2.16. The minimum absolute atomic E-state index is 0.0557. The van der Waals surface area contributed by atoms with Gasteiger partial charge in [-0.3, -0.25) is 4.68 Å². The summed E-state index contributed by atoms with van der Waals surface area (Å²) in [6, 6.07) is 0.397. The Balaban J connectivity index is 2.92. The van der Waals surface area contributed by atoms with Gasteiger partial charge in [-0.2, -0.15) is 5.10 Å². The summed E-state index contributed by atoms with van der Waals surface area (Å²) < 4.78 is 1.89. The highest BCUT2D eigenvalue weighted by Gasteiger charge is 2.18. The molecular weight excluding hydrogens is 150 g/mol. The zero-order valence-corrected chi connectivity index (χ0v) is 8.50. The first-order valence-corrected chi connectivity index (χ1v) is 4.33. The molecule has 68 valence electrons. The van der Waals surface area contributed by atoms with E-state index in [0.29, 0.717) is 6.04 Å². The van der Waals surface area contributed by atoms with Crippen LogP contribution in [0.15, 0.2) is 6.33 Å². The van der Waals surface area contributed by atoms with Crippen LogP contribution in [0.25, 0.3) is 0 Å². The second-order valence-corrected chi connectivity index (χ2v) is 4.39.